The number of benzene rings is 1. The lowest BCUT2D eigenvalue weighted by atomic mass is 9.99. The van der Waals surface area contributed by atoms with E-state index in [0.717, 1.165) is 12.2 Å². The molecule has 2 heteroatoms. The van der Waals surface area contributed by atoms with Gasteiger partial charge in [0, 0.05) is 6.42 Å². The lowest BCUT2D eigenvalue weighted by Crippen LogP contribution is -2.13. The largest absolute Gasteiger partial charge is 0.465 e. The first-order valence-electron chi connectivity index (χ1n) is 5.62. The van der Waals surface area contributed by atoms with E-state index in [1.54, 1.807) is 0 Å². The van der Waals surface area contributed by atoms with E-state index in [9.17, 15) is 5.11 Å². The summed E-state index contributed by atoms with van der Waals surface area (Å²) in [6, 6.07) is 7.96. The first-order valence-corrected chi connectivity index (χ1v) is 5.62. The molecule has 2 unspecified atom stereocenters. The van der Waals surface area contributed by atoms with Gasteiger partial charge in [-0.05, 0) is 30.0 Å². The lowest BCUT2D eigenvalue weighted by molar-refractivity contribution is -0.0191. The smallest absolute Gasteiger partial charge is 0.197 e. The predicted octanol–water partition coefficient (Wildman–Crippen LogP) is 3.31. The van der Waals surface area contributed by atoms with Gasteiger partial charge in [-0.3, -0.25) is 0 Å². The molecule has 0 aromatic heterocycles. The number of hydrogen-bond donors (Lipinski definition) is 1. The van der Waals surface area contributed by atoms with E-state index in [2.05, 4.69) is 26.0 Å². The zero-order chi connectivity index (χ0) is 11.3. The van der Waals surface area contributed by atoms with Gasteiger partial charge in [0.25, 0.3) is 0 Å². The van der Waals surface area contributed by atoms with Crippen molar-refractivity contribution >= 4 is 0 Å². The molecule has 0 saturated carbocycles. The van der Waals surface area contributed by atoms with Crippen molar-refractivity contribution in [1.82, 2.24) is 0 Å². The Bertz CT molecular complexity index is 279. The highest BCUT2D eigenvalue weighted by atomic mass is 16.6. The molecule has 0 saturated heterocycles. The minimum absolute atomic E-state index is 0.579. The standard InChI is InChI=1S/C13H20O2/c1-4-10(3)11-6-8-12(9-7-11)15-13(14)5-2/h6-10,13-14H,4-5H2,1-3H3. The maximum atomic E-state index is 9.31. The zero-order valence-corrected chi connectivity index (χ0v) is 9.73. The predicted molar refractivity (Wildman–Crippen MR) is 62.1 cm³/mol. The molecule has 0 heterocycles. The normalized spacial score (nSPS) is 14.7. The van der Waals surface area contributed by atoms with Gasteiger partial charge >= 0.3 is 0 Å². The SMILES string of the molecule is CCC(O)Oc1ccc(C(C)CC)cc1. The Morgan fingerprint density at radius 1 is 1.13 bits per heavy atom. The van der Waals surface area contributed by atoms with Gasteiger partial charge < -0.3 is 9.84 Å². The van der Waals surface area contributed by atoms with Crippen LogP contribution >= 0.6 is 0 Å². The van der Waals surface area contributed by atoms with E-state index < -0.39 is 6.29 Å². The van der Waals surface area contributed by atoms with Crippen molar-refractivity contribution in [2.75, 3.05) is 0 Å². The van der Waals surface area contributed by atoms with Crippen LogP contribution in [-0.4, -0.2) is 11.4 Å². The minimum Gasteiger partial charge on any atom is -0.465 e. The molecule has 0 radical (unpaired) electrons. The van der Waals surface area contributed by atoms with Crippen molar-refractivity contribution in [1.29, 1.82) is 0 Å². The second-order valence-electron chi connectivity index (χ2n) is 3.86. The van der Waals surface area contributed by atoms with E-state index in [0.29, 0.717) is 12.3 Å². The van der Waals surface area contributed by atoms with Gasteiger partial charge in [0.2, 0.25) is 0 Å². The summed E-state index contributed by atoms with van der Waals surface area (Å²) in [5, 5.41) is 9.31. The van der Waals surface area contributed by atoms with Gasteiger partial charge in [-0.25, -0.2) is 0 Å². The van der Waals surface area contributed by atoms with Crippen molar-refractivity contribution < 1.29 is 9.84 Å². The molecule has 0 aliphatic heterocycles. The number of aliphatic hydroxyl groups is 1. The number of ether oxygens (including phenoxy) is 1. The average molecular weight is 208 g/mol. The fourth-order valence-corrected chi connectivity index (χ4v) is 1.35. The van der Waals surface area contributed by atoms with Crippen molar-refractivity contribution in [3.63, 3.8) is 0 Å². The molecule has 1 rings (SSSR count). The quantitative estimate of drug-likeness (QED) is 0.752. The Balaban J connectivity index is 2.64. The van der Waals surface area contributed by atoms with Crippen molar-refractivity contribution in [3.8, 4) is 5.75 Å². The molecule has 1 aromatic rings. The number of aliphatic hydroxyl groups excluding tert-OH is 1. The number of hydrogen-bond acceptors (Lipinski definition) is 2. The molecular formula is C13H20O2. The summed E-state index contributed by atoms with van der Waals surface area (Å²) in [5.74, 6) is 1.31. The fraction of sp³-hybridized carbons (Fsp3) is 0.538. The van der Waals surface area contributed by atoms with Crippen molar-refractivity contribution in [2.45, 2.75) is 45.8 Å². The van der Waals surface area contributed by atoms with Gasteiger partial charge in [0.1, 0.15) is 5.75 Å². The molecule has 0 aliphatic rings. The molecule has 0 spiro atoms. The highest BCUT2D eigenvalue weighted by molar-refractivity contribution is 5.29. The molecule has 0 aliphatic carbocycles. The van der Waals surface area contributed by atoms with E-state index in [1.807, 2.05) is 19.1 Å². The van der Waals surface area contributed by atoms with Crippen LogP contribution in [0.5, 0.6) is 5.75 Å². The van der Waals surface area contributed by atoms with Gasteiger partial charge in [0.05, 0.1) is 0 Å². The maximum Gasteiger partial charge on any atom is 0.197 e. The molecule has 15 heavy (non-hydrogen) atoms. The highest BCUT2D eigenvalue weighted by Gasteiger charge is 2.05. The van der Waals surface area contributed by atoms with Crippen LogP contribution in [0.3, 0.4) is 0 Å². The van der Waals surface area contributed by atoms with Crippen LogP contribution < -0.4 is 4.74 Å². The van der Waals surface area contributed by atoms with Gasteiger partial charge in [-0.15, -0.1) is 0 Å². The fourth-order valence-electron chi connectivity index (χ4n) is 1.35. The third kappa shape index (κ3) is 3.56. The molecular weight excluding hydrogens is 188 g/mol. The van der Waals surface area contributed by atoms with Crippen LogP contribution in [0.4, 0.5) is 0 Å². The average Bonchev–Trinajstić information content (AvgIpc) is 2.29. The van der Waals surface area contributed by atoms with Gasteiger partial charge in [-0.1, -0.05) is 32.9 Å². The van der Waals surface area contributed by atoms with E-state index >= 15 is 0 Å². The Morgan fingerprint density at radius 3 is 2.20 bits per heavy atom. The van der Waals surface area contributed by atoms with Crippen LogP contribution in [0.2, 0.25) is 0 Å². The monoisotopic (exact) mass is 208 g/mol. The Labute approximate surface area is 91.9 Å². The zero-order valence-electron chi connectivity index (χ0n) is 9.73. The third-order valence-corrected chi connectivity index (χ3v) is 2.68. The second-order valence-corrected chi connectivity index (χ2v) is 3.86. The summed E-state index contributed by atoms with van der Waals surface area (Å²) in [6.07, 6.45) is 1.05. The Kier molecular flexibility index (Phi) is 4.63. The molecule has 0 amide bonds. The van der Waals surface area contributed by atoms with Gasteiger partial charge in [-0.2, -0.15) is 0 Å². The maximum absolute atomic E-state index is 9.31. The van der Waals surface area contributed by atoms with Crippen LogP contribution in [0, 0.1) is 0 Å². The first kappa shape index (κ1) is 12.1. The summed E-state index contributed by atoms with van der Waals surface area (Å²) in [4.78, 5) is 0. The lowest BCUT2D eigenvalue weighted by Gasteiger charge is -2.13. The van der Waals surface area contributed by atoms with Gasteiger partial charge in [0.15, 0.2) is 6.29 Å². The van der Waals surface area contributed by atoms with Crippen LogP contribution in [0.25, 0.3) is 0 Å². The van der Waals surface area contributed by atoms with Crippen molar-refractivity contribution in [3.05, 3.63) is 29.8 Å². The Hall–Kier alpha value is -1.02. The summed E-state index contributed by atoms with van der Waals surface area (Å²) in [6.45, 7) is 6.27. The summed E-state index contributed by atoms with van der Waals surface area (Å²) >= 11 is 0. The summed E-state index contributed by atoms with van der Waals surface area (Å²) in [7, 11) is 0. The van der Waals surface area contributed by atoms with Crippen molar-refractivity contribution in [2.24, 2.45) is 0 Å². The van der Waals surface area contributed by atoms with E-state index in [-0.39, 0.29) is 0 Å². The summed E-state index contributed by atoms with van der Waals surface area (Å²) < 4.78 is 5.29. The van der Waals surface area contributed by atoms with Crippen LogP contribution in [0.1, 0.15) is 45.1 Å². The minimum atomic E-state index is -0.695. The topological polar surface area (TPSA) is 29.5 Å². The number of rotatable bonds is 5. The molecule has 0 fully saturated rings. The molecule has 2 nitrogen and oxygen atoms in total. The van der Waals surface area contributed by atoms with Crippen LogP contribution in [0.15, 0.2) is 24.3 Å². The molecule has 84 valence electrons. The van der Waals surface area contributed by atoms with Crippen LogP contribution in [-0.2, 0) is 0 Å². The molecule has 1 N–H and O–H groups in total. The molecule has 2 atom stereocenters. The first-order chi connectivity index (χ1) is 7.17. The van der Waals surface area contributed by atoms with E-state index in [1.165, 1.54) is 5.56 Å². The Morgan fingerprint density at radius 2 is 1.73 bits per heavy atom. The second kappa shape index (κ2) is 5.76. The molecule has 0 bridgehead atoms. The summed E-state index contributed by atoms with van der Waals surface area (Å²) in [5.41, 5.74) is 1.32. The molecule has 1 aromatic carbocycles. The highest BCUT2D eigenvalue weighted by Crippen LogP contribution is 2.21. The van der Waals surface area contributed by atoms with E-state index in [4.69, 9.17) is 4.74 Å². The third-order valence-electron chi connectivity index (χ3n) is 2.68.